The van der Waals surface area contributed by atoms with E-state index in [4.69, 9.17) is 0 Å². The van der Waals surface area contributed by atoms with Gasteiger partial charge in [0.05, 0.1) is 0 Å². The van der Waals surface area contributed by atoms with Crippen LogP contribution in [-0.4, -0.2) is 13.1 Å². The molecular weight excluding hydrogens is 227 g/mol. The smallest absolute Gasteiger partial charge is 0.122 e. The van der Waals surface area contributed by atoms with Crippen LogP contribution in [0.15, 0.2) is 30.5 Å². The molecule has 0 saturated carbocycles. The molecule has 1 spiro atoms. The van der Waals surface area contributed by atoms with Gasteiger partial charge in [-0.15, -0.1) is 0 Å². The number of halogens is 1. The summed E-state index contributed by atoms with van der Waals surface area (Å²) in [5, 5.41) is 6.76. The molecule has 0 amide bonds. The number of alkyl halides is 1. The van der Waals surface area contributed by atoms with Crippen LogP contribution < -0.4 is 10.6 Å². The summed E-state index contributed by atoms with van der Waals surface area (Å²) in [5.74, 6) is 0. The molecule has 2 nitrogen and oxygen atoms in total. The van der Waals surface area contributed by atoms with E-state index in [1.165, 1.54) is 5.56 Å². The predicted molar refractivity (Wildman–Crippen MR) is 72.5 cm³/mol. The summed E-state index contributed by atoms with van der Waals surface area (Å²) in [6.07, 6.45) is 1.16. The number of hydrogen-bond donors (Lipinski definition) is 2. The highest BCUT2D eigenvalue weighted by atomic mass is 19.1. The first-order chi connectivity index (χ1) is 8.63. The molecule has 2 aliphatic heterocycles. The Labute approximate surface area is 107 Å². The highest BCUT2D eigenvalue weighted by Crippen LogP contribution is 2.49. The maximum atomic E-state index is 13.5. The molecule has 2 N–H and O–H groups in total. The van der Waals surface area contributed by atoms with Gasteiger partial charge in [0.1, 0.15) is 6.17 Å². The van der Waals surface area contributed by atoms with Crippen LogP contribution in [0.1, 0.15) is 37.1 Å². The molecule has 1 aromatic rings. The van der Waals surface area contributed by atoms with Gasteiger partial charge in [-0.3, -0.25) is 0 Å². The second-order valence-corrected chi connectivity index (χ2v) is 5.36. The van der Waals surface area contributed by atoms with E-state index < -0.39 is 6.17 Å². The summed E-state index contributed by atoms with van der Waals surface area (Å²) in [5.41, 5.74) is 4.18. The minimum absolute atomic E-state index is 0.00544. The zero-order valence-corrected chi connectivity index (χ0v) is 10.7. The molecule has 0 bridgehead atoms. The molecule has 0 radical (unpaired) electrons. The largest absolute Gasteiger partial charge is 0.358 e. The standard InChI is InChI=1S/C15H19FN2/c1-10(16)12-3-4-14-13(9-12)15(11(2)18-14)5-7-17-8-6-15/h3-4,9-10,17-18H,2,5-8H2,1H3. The maximum absolute atomic E-state index is 13.5. The maximum Gasteiger partial charge on any atom is 0.122 e. The molecule has 0 aliphatic carbocycles. The Kier molecular flexibility index (Phi) is 2.67. The first-order valence-corrected chi connectivity index (χ1v) is 6.59. The molecule has 1 fully saturated rings. The van der Waals surface area contributed by atoms with E-state index >= 15 is 0 Å². The minimum Gasteiger partial charge on any atom is -0.358 e. The third-order valence-corrected chi connectivity index (χ3v) is 4.34. The van der Waals surface area contributed by atoms with Crippen molar-refractivity contribution in [2.45, 2.75) is 31.4 Å². The summed E-state index contributed by atoms with van der Waals surface area (Å²) in [4.78, 5) is 0. The number of rotatable bonds is 1. The van der Waals surface area contributed by atoms with Gasteiger partial charge in [0.2, 0.25) is 0 Å². The van der Waals surface area contributed by atoms with E-state index in [2.05, 4.69) is 17.2 Å². The van der Waals surface area contributed by atoms with Crippen LogP contribution in [0.25, 0.3) is 0 Å². The fraction of sp³-hybridized carbons (Fsp3) is 0.467. The molecule has 1 unspecified atom stereocenters. The van der Waals surface area contributed by atoms with E-state index in [0.29, 0.717) is 0 Å². The number of nitrogens with one attached hydrogen (secondary N) is 2. The Balaban J connectivity index is 2.09. The van der Waals surface area contributed by atoms with Crippen molar-refractivity contribution in [3.05, 3.63) is 41.6 Å². The fourth-order valence-electron chi connectivity index (χ4n) is 3.18. The number of piperidine rings is 1. The number of fused-ring (bicyclic) bond motifs is 2. The van der Waals surface area contributed by atoms with Gasteiger partial charge < -0.3 is 10.6 Å². The Morgan fingerprint density at radius 3 is 2.72 bits per heavy atom. The van der Waals surface area contributed by atoms with Gasteiger partial charge in [0.25, 0.3) is 0 Å². The third kappa shape index (κ3) is 1.57. The van der Waals surface area contributed by atoms with Gasteiger partial charge in [-0.2, -0.15) is 0 Å². The van der Waals surface area contributed by atoms with Gasteiger partial charge in [0, 0.05) is 16.8 Å². The molecule has 2 heterocycles. The van der Waals surface area contributed by atoms with E-state index in [1.54, 1.807) is 6.92 Å². The van der Waals surface area contributed by atoms with Crippen molar-refractivity contribution in [2.75, 3.05) is 18.4 Å². The van der Waals surface area contributed by atoms with Crippen molar-refractivity contribution in [2.24, 2.45) is 0 Å². The second kappa shape index (κ2) is 4.09. The van der Waals surface area contributed by atoms with Gasteiger partial charge in [-0.1, -0.05) is 12.6 Å². The molecule has 96 valence electrons. The van der Waals surface area contributed by atoms with Crippen LogP contribution in [0.4, 0.5) is 10.1 Å². The molecular formula is C15H19FN2. The lowest BCUT2D eigenvalue weighted by Crippen LogP contribution is -2.39. The molecule has 18 heavy (non-hydrogen) atoms. The SMILES string of the molecule is C=C1Nc2ccc(C(C)F)cc2C12CCNCC2. The molecule has 1 aromatic carbocycles. The van der Waals surface area contributed by atoms with E-state index in [0.717, 1.165) is 42.9 Å². The lowest BCUT2D eigenvalue weighted by atomic mass is 9.72. The average Bonchev–Trinajstić information content (AvgIpc) is 2.63. The summed E-state index contributed by atoms with van der Waals surface area (Å²) >= 11 is 0. The van der Waals surface area contributed by atoms with E-state index in [-0.39, 0.29) is 5.41 Å². The van der Waals surface area contributed by atoms with Crippen molar-refractivity contribution in [1.82, 2.24) is 5.32 Å². The molecule has 1 atom stereocenters. The first-order valence-electron chi connectivity index (χ1n) is 6.59. The minimum atomic E-state index is -0.914. The average molecular weight is 246 g/mol. The number of hydrogen-bond acceptors (Lipinski definition) is 2. The number of benzene rings is 1. The Morgan fingerprint density at radius 1 is 1.33 bits per heavy atom. The zero-order valence-electron chi connectivity index (χ0n) is 10.7. The second-order valence-electron chi connectivity index (χ2n) is 5.36. The lowest BCUT2D eigenvalue weighted by Gasteiger charge is -2.35. The van der Waals surface area contributed by atoms with Crippen molar-refractivity contribution in [1.29, 1.82) is 0 Å². The van der Waals surface area contributed by atoms with Gasteiger partial charge >= 0.3 is 0 Å². The normalized spacial score (nSPS) is 22.7. The summed E-state index contributed by atoms with van der Waals surface area (Å²) < 4.78 is 13.5. The van der Waals surface area contributed by atoms with Crippen molar-refractivity contribution >= 4 is 5.69 Å². The van der Waals surface area contributed by atoms with Gasteiger partial charge in [-0.05, 0) is 56.1 Å². The molecule has 3 heteroatoms. The van der Waals surface area contributed by atoms with E-state index in [9.17, 15) is 4.39 Å². The zero-order chi connectivity index (χ0) is 12.8. The monoisotopic (exact) mass is 246 g/mol. The van der Waals surface area contributed by atoms with Gasteiger partial charge in [-0.25, -0.2) is 4.39 Å². The highest BCUT2D eigenvalue weighted by molar-refractivity contribution is 5.69. The van der Waals surface area contributed by atoms with Crippen LogP contribution in [0, 0.1) is 0 Å². The van der Waals surface area contributed by atoms with Crippen LogP contribution in [0.5, 0.6) is 0 Å². The summed E-state index contributed by atoms with van der Waals surface area (Å²) in [6.45, 7) is 7.77. The van der Waals surface area contributed by atoms with Crippen LogP contribution in [0.2, 0.25) is 0 Å². The summed E-state index contributed by atoms with van der Waals surface area (Å²) in [6, 6.07) is 5.88. The first kappa shape index (κ1) is 11.7. The third-order valence-electron chi connectivity index (χ3n) is 4.34. The topological polar surface area (TPSA) is 24.1 Å². The lowest BCUT2D eigenvalue weighted by molar-refractivity contribution is 0.361. The Bertz CT molecular complexity index is 487. The van der Waals surface area contributed by atoms with Gasteiger partial charge in [0.15, 0.2) is 0 Å². The molecule has 0 aromatic heterocycles. The number of allylic oxidation sites excluding steroid dienone is 1. The molecule has 2 aliphatic rings. The van der Waals surface area contributed by atoms with Crippen LogP contribution in [-0.2, 0) is 5.41 Å². The summed E-state index contributed by atoms with van der Waals surface area (Å²) in [7, 11) is 0. The van der Waals surface area contributed by atoms with Crippen molar-refractivity contribution in [3.63, 3.8) is 0 Å². The fourth-order valence-corrected chi connectivity index (χ4v) is 3.18. The van der Waals surface area contributed by atoms with E-state index in [1.807, 2.05) is 18.2 Å². The Hall–Kier alpha value is -1.35. The highest BCUT2D eigenvalue weighted by Gasteiger charge is 2.43. The molecule has 1 saturated heterocycles. The van der Waals surface area contributed by atoms with Crippen molar-refractivity contribution in [3.8, 4) is 0 Å². The van der Waals surface area contributed by atoms with Crippen LogP contribution in [0.3, 0.4) is 0 Å². The quantitative estimate of drug-likeness (QED) is 0.794. The Morgan fingerprint density at radius 2 is 2.06 bits per heavy atom. The van der Waals surface area contributed by atoms with Crippen LogP contribution >= 0.6 is 0 Å². The predicted octanol–water partition coefficient (Wildman–Crippen LogP) is 3.28. The number of anilines is 1. The van der Waals surface area contributed by atoms with Crippen molar-refractivity contribution < 1.29 is 4.39 Å². The molecule has 3 rings (SSSR count).